The zero-order valence-electron chi connectivity index (χ0n) is 19.3. The Bertz CT molecular complexity index is 1560. The molecule has 0 unspecified atom stereocenters. The van der Waals surface area contributed by atoms with Gasteiger partial charge >= 0.3 is 12.3 Å². The predicted molar refractivity (Wildman–Crippen MR) is 130 cm³/mol. The van der Waals surface area contributed by atoms with E-state index in [4.69, 9.17) is 11.6 Å². The molecule has 0 saturated carbocycles. The number of sulfonamides is 1. The fourth-order valence-electron chi connectivity index (χ4n) is 3.89. The van der Waals surface area contributed by atoms with Gasteiger partial charge in [-0.2, -0.15) is 13.2 Å². The average Bonchev–Trinajstić information content (AvgIpc) is 3.21. The van der Waals surface area contributed by atoms with E-state index in [2.05, 4.69) is 9.97 Å². The lowest BCUT2D eigenvalue weighted by molar-refractivity contribution is -0.137. The van der Waals surface area contributed by atoms with Crippen molar-refractivity contribution in [2.45, 2.75) is 30.8 Å². The van der Waals surface area contributed by atoms with Gasteiger partial charge in [0.15, 0.2) is 0 Å². The minimum Gasteiger partial charge on any atom is -0.464 e. The van der Waals surface area contributed by atoms with Crippen molar-refractivity contribution in [2.24, 2.45) is 0 Å². The van der Waals surface area contributed by atoms with Gasteiger partial charge in [0.1, 0.15) is 5.82 Å². The van der Waals surface area contributed by atoms with Gasteiger partial charge in [-0.15, -0.1) is 0 Å². The largest absolute Gasteiger partial charge is 0.464 e. The number of nitrogens with zero attached hydrogens (tertiary/aromatic N) is 4. The Kier molecular flexibility index (Phi) is 7.16. The highest BCUT2D eigenvalue weighted by atomic mass is 35.5. The summed E-state index contributed by atoms with van der Waals surface area (Å²) in [7, 11) is -4.28. The number of carbonyl (C=O) groups is 1. The standard InChI is InChI=1S/C24H20ClF3N4O4S/c1-2-22-30-20-13-18(24(26,27)28)19(25)14-21(20)32(22)16-5-3-15(4-6-16)9-12-31(23(33)34)37(35,36)17-7-10-29-11-8-17/h3-8,10-11,13-14H,2,9,12H2,1H3,(H,33,34). The number of carboxylic acid groups (broad SMARTS) is 1. The Morgan fingerprint density at radius 2 is 1.76 bits per heavy atom. The number of imidazole rings is 1. The molecule has 2 heterocycles. The molecule has 0 atom stereocenters. The number of rotatable bonds is 7. The van der Waals surface area contributed by atoms with Crippen molar-refractivity contribution in [2.75, 3.05) is 6.54 Å². The molecule has 13 heteroatoms. The summed E-state index contributed by atoms with van der Waals surface area (Å²) < 4.78 is 67.4. The summed E-state index contributed by atoms with van der Waals surface area (Å²) in [5.41, 5.74) is 0.853. The first-order valence-corrected chi connectivity index (χ1v) is 12.8. The SMILES string of the molecule is CCc1nc2cc(C(F)(F)F)c(Cl)cc2n1-c1ccc(CCN(C(=O)O)S(=O)(=O)c2ccncc2)cc1. The topological polar surface area (TPSA) is 105 Å². The summed E-state index contributed by atoms with van der Waals surface area (Å²) >= 11 is 5.94. The van der Waals surface area contributed by atoms with Gasteiger partial charge < -0.3 is 5.11 Å². The van der Waals surface area contributed by atoms with E-state index in [0.29, 0.717) is 33.3 Å². The van der Waals surface area contributed by atoms with Crippen LogP contribution in [-0.4, -0.2) is 45.0 Å². The van der Waals surface area contributed by atoms with Crippen molar-refractivity contribution in [3.63, 3.8) is 0 Å². The predicted octanol–water partition coefficient (Wildman–Crippen LogP) is 5.57. The van der Waals surface area contributed by atoms with Crippen LogP contribution in [0.5, 0.6) is 0 Å². The molecular formula is C24H20ClF3N4O4S. The van der Waals surface area contributed by atoms with Gasteiger partial charge in [0.2, 0.25) is 0 Å². The van der Waals surface area contributed by atoms with Crippen LogP contribution >= 0.6 is 11.6 Å². The Balaban J connectivity index is 1.61. The number of amides is 1. The summed E-state index contributed by atoms with van der Waals surface area (Å²) in [5, 5.41) is 9.07. The first kappa shape index (κ1) is 26.4. The zero-order chi connectivity index (χ0) is 27.0. The molecule has 0 aliphatic rings. The Morgan fingerprint density at radius 1 is 1.11 bits per heavy atom. The summed E-state index contributed by atoms with van der Waals surface area (Å²) in [6.45, 7) is 1.51. The van der Waals surface area contributed by atoms with E-state index in [-0.39, 0.29) is 23.4 Å². The number of alkyl halides is 3. The molecule has 4 rings (SSSR count). The second kappa shape index (κ2) is 10.0. The molecule has 1 N–H and O–H groups in total. The molecular weight excluding hydrogens is 533 g/mol. The van der Waals surface area contributed by atoms with Gasteiger partial charge in [0, 0.05) is 31.0 Å². The van der Waals surface area contributed by atoms with Gasteiger partial charge in [0.05, 0.1) is 26.5 Å². The smallest absolute Gasteiger partial charge is 0.421 e. The van der Waals surface area contributed by atoms with Crippen LogP contribution < -0.4 is 0 Å². The van der Waals surface area contributed by atoms with Gasteiger partial charge in [-0.25, -0.2) is 22.5 Å². The number of aromatic nitrogens is 3. The van der Waals surface area contributed by atoms with Crippen molar-refractivity contribution in [3.8, 4) is 5.69 Å². The molecule has 0 aliphatic carbocycles. The number of benzene rings is 2. The van der Waals surface area contributed by atoms with E-state index in [1.807, 2.05) is 6.92 Å². The summed E-state index contributed by atoms with van der Waals surface area (Å²) in [6, 6.07) is 11.3. The highest BCUT2D eigenvalue weighted by Crippen LogP contribution is 2.37. The maximum atomic E-state index is 13.3. The molecule has 37 heavy (non-hydrogen) atoms. The van der Waals surface area contributed by atoms with Crippen LogP contribution in [0.25, 0.3) is 16.7 Å². The van der Waals surface area contributed by atoms with Crippen molar-refractivity contribution >= 4 is 38.8 Å². The molecule has 2 aromatic heterocycles. The van der Waals surface area contributed by atoms with Crippen LogP contribution in [0.1, 0.15) is 23.9 Å². The van der Waals surface area contributed by atoms with Crippen LogP contribution in [0.4, 0.5) is 18.0 Å². The van der Waals surface area contributed by atoms with Gasteiger partial charge in [-0.05, 0) is 48.4 Å². The van der Waals surface area contributed by atoms with Gasteiger partial charge in [-0.3, -0.25) is 9.55 Å². The van der Waals surface area contributed by atoms with Crippen molar-refractivity contribution in [1.82, 2.24) is 18.8 Å². The summed E-state index contributed by atoms with van der Waals surface area (Å²) in [6.07, 6.45) is -3.17. The van der Waals surface area contributed by atoms with Crippen LogP contribution in [0.3, 0.4) is 0 Å². The first-order valence-electron chi connectivity index (χ1n) is 11.0. The van der Waals surface area contributed by atoms with E-state index in [1.54, 1.807) is 28.8 Å². The van der Waals surface area contributed by atoms with Crippen LogP contribution in [0, 0.1) is 0 Å². The fraction of sp³-hybridized carbons (Fsp3) is 0.208. The Labute approximate surface area is 215 Å². The molecule has 1 amide bonds. The quantitative estimate of drug-likeness (QED) is 0.321. The highest BCUT2D eigenvalue weighted by Gasteiger charge is 2.34. The third kappa shape index (κ3) is 5.25. The van der Waals surface area contributed by atoms with Crippen molar-refractivity contribution < 1.29 is 31.5 Å². The molecule has 0 fully saturated rings. The minimum absolute atomic E-state index is 0.100. The van der Waals surface area contributed by atoms with E-state index >= 15 is 0 Å². The lowest BCUT2D eigenvalue weighted by atomic mass is 10.1. The Morgan fingerprint density at radius 3 is 2.32 bits per heavy atom. The molecule has 0 radical (unpaired) electrons. The average molecular weight is 553 g/mol. The lowest BCUT2D eigenvalue weighted by Crippen LogP contribution is -2.37. The van der Waals surface area contributed by atoms with E-state index in [9.17, 15) is 31.5 Å². The normalized spacial score (nSPS) is 12.1. The summed E-state index contributed by atoms with van der Waals surface area (Å²) in [5.74, 6) is 0.527. The van der Waals surface area contributed by atoms with Crippen molar-refractivity contribution in [1.29, 1.82) is 0 Å². The van der Waals surface area contributed by atoms with E-state index < -0.39 is 32.9 Å². The maximum Gasteiger partial charge on any atom is 0.421 e. The third-order valence-electron chi connectivity index (χ3n) is 5.68. The third-order valence-corrected chi connectivity index (χ3v) is 7.78. The van der Waals surface area contributed by atoms with Crippen molar-refractivity contribution in [3.05, 3.63) is 82.9 Å². The number of pyridine rings is 1. The van der Waals surface area contributed by atoms with E-state index in [1.165, 1.54) is 30.6 Å². The Hall–Kier alpha value is -3.64. The number of aryl methyl sites for hydroxylation is 1. The number of fused-ring (bicyclic) bond motifs is 1. The molecule has 8 nitrogen and oxygen atoms in total. The first-order chi connectivity index (χ1) is 17.4. The molecule has 0 saturated heterocycles. The summed E-state index contributed by atoms with van der Waals surface area (Å²) in [4.78, 5) is 19.6. The fourth-order valence-corrected chi connectivity index (χ4v) is 5.41. The molecule has 0 spiro atoms. The zero-order valence-corrected chi connectivity index (χ0v) is 20.8. The van der Waals surface area contributed by atoms with Crippen LogP contribution in [0.2, 0.25) is 5.02 Å². The van der Waals surface area contributed by atoms with Gasteiger partial charge in [-0.1, -0.05) is 30.7 Å². The number of hydrogen-bond donors (Lipinski definition) is 1. The van der Waals surface area contributed by atoms with Crippen LogP contribution in [-0.2, 0) is 29.0 Å². The molecule has 0 aliphatic heterocycles. The monoisotopic (exact) mass is 552 g/mol. The number of hydrogen-bond acceptors (Lipinski definition) is 5. The molecule has 0 bridgehead atoms. The molecule has 2 aromatic carbocycles. The second-order valence-electron chi connectivity index (χ2n) is 7.99. The lowest BCUT2D eigenvalue weighted by Gasteiger charge is -2.19. The highest BCUT2D eigenvalue weighted by molar-refractivity contribution is 7.89. The maximum absolute atomic E-state index is 13.3. The second-order valence-corrected chi connectivity index (χ2v) is 10.3. The number of halogens is 4. The molecule has 4 aromatic rings. The molecule has 194 valence electrons. The van der Waals surface area contributed by atoms with Gasteiger partial charge in [0.25, 0.3) is 10.0 Å². The van der Waals surface area contributed by atoms with Crippen LogP contribution in [0.15, 0.2) is 65.8 Å². The minimum atomic E-state index is -4.61. The van der Waals surface area contributed by atoms with E-state index in [0.717, 1.165) is 6.07 Å².